The van der Waals surface area contributed by atoms with Crippen molar-refractivity contribution in [1.82, 2.24) is 0 Å². The fraction of sp³-hybridized carbons (Fsp3) is 0.200. The van der Waals surface area contributed by atoms with Gasteiger partial charge in [-0.15, -0.1) is 0 Å². The van der Waals surface area contributed by atoms with E-state index >= 15 is 0 Å². The Morgan fingerprint density at radius 3 is 2.53 bits per heavy atom. The van der Waals surface area contributed by atoms with E-state index in [0.717, 1.165) is 10.0 Å². The van der Waals surface area contributed by atoms with Gasteiger partial charge in [0.1, 0.15) is 11.5 Å². The van der Waals surface area contributed by atoms with E-state index in [1.54, 1.807) is 6.07 Å². The smallest absolute Gasteiger partial charge is 0.147 e. The zero-order valence-electron chi connectivity index (χ0n) is 10.4. The van der Waals surface area contributed by atoms with Crippen LogP contribution in [0.5, 0.6) is 11.5 Å². The average molecular weight is 342 g/mol. The molecule has 0 amide bonds. The number of halogens is 2. The second-order valence-corrected chi connectivity index (χ2v) is 5.49. The molecule has 100 valence electrons. The molecule has 2 nitrogen and oxygen atoms in total. The minimum Gasteiger partial charge on any atom is -0.456 e. The Hall–Kier alpha value is -1.03. The highest BCUT2D eigenvalue weighted by molar-refractivity contribution is 9.10. The third-order valence-corrected chi connectivity index (χ3v) is 3.58. The lowest BCUT2D eigenvalue weighted by Gasteiger charge is -2.11. The van der Waals surface area contributed by atoms with E-state index in [4.69, 9.17) is 16.3 Å². The van der Waals surface area contributed by atoms with Gasteiger partial charge in [-0.25, -0.2) is 0 Å². The van der Waals surface area contributed by atoms with Gasteiger partial charge in [0.15, 0.2) is 0 Å². The van der Waals surface area contributed by atoms with Crippen LogP contribution in [-0.4, -0.2) is 5.11 Å². The predicted octanol–water partition coefficient (Wildman–Crippen LogP) is 5.34. The first-order valence-electron chi connectivity index (χ1n) is 6.01. The SMILES string of the molecule is CC[C@H](O)c1ccc(Oc2cc(Br)ccc2Cl)cc1. The maximum atomic E-state index is 9.72. The number of hydrogen-bond donors (Lipinski definition) is 1. The molecule has 0 aliphatic carbocycles. The van der Waals surface area contributed by atoms with Crippen LogP contribution in [0.1, 0.15) is 25.0 Å². The largest absolute Gasteiger partial charge is 0.456 e. The summed E-state index contributed by atoms with van der Waals surface area (Å²) in [4.78, 5) is 0. The summed E-state index contributed by atoms with van der Waals surface area (Å²) in [6.45, 7) is 1.94. The molecule has 0 fully saturated rings. The number of hydrogen-bond acceptors (Lipinski definition) is 2. The normalized spacial score (nSPS) is 12.2. The maximum absolute atomic E-state index is 9.72. The molecular formula is C15H14BrClO2. The zero-order chi connectivity index (χ0) is 13.8. The highest BCUT2D eigenvalue weighted by Crippen LogP contribution is 2.32. The molecule has 0 saturated carbocycles. The molecule has 2 aromatic rings. The number of ether oxygens (including phenoxy) is 1. The predicted molar refractivity (Wildman–Crippen MR) is 80.9 cm³/mol. The summed E-state index contributed by atoms with van der Waals surface area (Å²) in [6.07, 6.45) is 0.265. The van der Waals surface area contributed by atoms with Crippen LogP contribution in [0.25, 0.3) is 0 Å². The first-order chi connectivity index (χ1) is 9.10. The second kappa shape index (κ2) is 6.42. The third-order valence-electron chi connectivity index (χ3n) is 2.77. The summed E-state index contributed by atoms with van der Waals surface area (Å²) in [6, 6.07) is 12.8. The molecule has 0 unspecified atom stereocenters. The molecule has 4 heteroatoms. The van der Waals surface area contributed by atoms with Gasteiger partial charge in [-0.1, -0.05) is 46.6 Å². The van der Waals surface area contributed by atoms with Crippen LogP contribution in [0.3, 0.4) is 0 Å². The highest BCUT2D eigenvalue weighted by Gasteiger charge is 2.07. The van der Waals surface area contributed by atoms with Crippen LogP contribution in [0, 0.1) is 0 Å². The van der Waals surface area contributed by atoms with E-state index in [1.807, 2.05) is 43.3 Å². The summed E-state index contributed by atoms with van der Waals surface area (Å²) < 4.78 is 6.62. The van der Waals surface area contributed by atoms with Crippen LogP contribution in [0.15, 0.2) is 46.9 Å². The van der Waals surface area contributed by atoms with Crippen molar-refractivity contribution >= 4 is 27.5 Å². The lowest BCUT2D eigenvalue weighted by atomic mass is 10.1. The molecule has 2 rings (SSSR count). The van der Waals surface area contributed by atoms with Gasteiger partial charge < -0.3 is 9.84 Å². The lowest BCUT2D eigenvalue weighted by Crippen LogP contribution is -1.94. The molecule has 19 heavy (non-hydrogen) atoms. The number of benzene rings is 2. The van der Waals surface area contributed by atoms with E-state index in [9.17, 15) is 5.11 Å². The Kier molecular flexibility index (Phi) is 4.86. The first-order valence-corrected chi connectivity index (χ1v) is 7.18. The Morgan fingerprint density at radius 2 is 1.89 bits per heavy atom. The molecule has 0 bridgehead atoms. The molecule has 1 atom stereocenters. The van der Waals surface area contributed by atoms with Crippen molar-refractivity contribution in [3.8, 4) is 11.5 Å². The molecule has 0 saturated heterocycles. The molecule has 0 heterocycles. The van der Waals surface area contributed by atoms with Crippen molar-refractivity contribution in [1.29, 1.82) is 0 Å². The number of aliphatic hydroxyl groups is 1. The first kappa shape index (κ1) is 14.4. The topological polar surface area (TPSA) is 29.5 Å². The van der Waals surface area contributed by atoms with Crippen molar-refractivity contribution in [3.63, 3.8) is 0 Å². The van der Waals surface area contributed by atoms with E-state index in [0.29, 0.717) is 22.9 Å². The summed E-state index contributed by atoms with van der Waals surface area (Å²) in [7, 11) is 0. The van der Waals surface area contributed by atoms with Gasteiger partial charge in [-0.2, -0.15) is 0 Å². The van der Waals surface area contributed by atoms with Crippen LogP contribution in [0.4, 0.5) is 0 Å². The van der Waals surface area contributed by atoms with Gasteiger partial charge in [-0.3, -0.25) is 0 Å². The van der Waals surface area contributed by atoms with Crippen LogP contribution in [-0.2, 0) is 0 Å². The van der Waals surface area contributed by atoms with Crippen molar-refractivity contribution in [3.05, 3.63) is 57.5 Å². The molecule has 0 aliphatic rings. The summed E-state index contributed by atoms with van der Waals surface area (Å²) in [5, 5.41) is 10.3. The zero-order valence-corrected chi connectivity index (χ0v) is 12.8. The third kappa shape index (κ3) is 3.72. The van der Waals surface area contributed by atoms with Crippen LogP contribution in [0.2, 0.25) is 5.02 Å². The van der Waals surface area contributed by atoms with Gasteiger partial charge in [0.05, 0.1) is 11.1 Å². The van der Waals surface area contributed by atoms with Crippen LogP contribution >= 0.6 is 27.5 Å². The van der Waals surface area contributed by atoms with Crippen molar-refractivity contribution < 1.29 is 9.84 Å². The Balaban J connectivity index is 2.17. The molecule has 0 spiro atoms. The fourth-order valence-electron chi connectivity index (χ4n) is 1.68. The van der Waals surface area contributed by atoms with Crippen molar-refractivity contribution in [2.45, 2.75) is 19.4 Å². The monoisotopic (exact) mass is 340 g/mol. The minimum atomic E-state index is -0.427. The average Bonchev–Trinajstić information content (AvgIpc) is 2.43. The van der Waals surface area contributed by atoms with Crippen LogP contribution < -0.4 is 4.74 Å². The van der Waals surface area contributed by atoms with Crippen molar-refractivity contribution in [2.24, 2.45) is 0 Å². The van der Waals surface area contributed by atoms with E-state index in [1.165, 1.54) is 0 Å². The Bertz CT molecular complexity index is 555. The molecule has 0 aromatic heterocycles. The van der Waals surface area contributed by atoms with Gasteiger partial charge in [0.25, 0.3) is 0 Å². The summed E-state index contributed by atoms with van der Waals surface area (Å²) in [5.74, 6) is 1.28. The number of rotatable bonds is 4. The Morgan fingerprint density at radius 1 is 1.21 bits per heavy atom. The van der Waals surface area contributed by atoms with E-state index in [-0.39, 0.29) is 0 Å². The molecule has 1 N–H and O–H groups in total. The highest BCUT2D eigenvalue weighted by atomic mass is 79.9. The fourth-order valence-corrected chi connectivity index (χ4v) is 2.17. The molecule has 2 aromatic carbocycles. The van der Waals surface area contributed by atoms with Gasteiger partial charge in [0.2, 0.25) is 0 Å². The standard InChI is InChI=1S/C15H14BrClO2/c1-2-14(18)10-3-6-12(7-4-10)19-15-9-11(16)5-8-13(15)17/h3-9,14,18H,2H2,1H3/t14-/m0/s1. The molecular weight excluding hydrogens is 328 g/mol. The second-order valence-electron chi connectivity index (χ2n) is 4.17. The molecule has 0 radical (unpaired) electrons. The van der Waals surface area contributed by atoms with Gasteiger partial charge in [-0.05, 0) is 42.3 Å². The maximum Gasteiger partial charge on any atom is 0.147 e. The molecule has 0 aliphatic heterocycles. The minimum absolute atomic E-state index is 0.427. The Labute approximate surface area is 126 Å². The lowest BCUT2D eigenvalue weighted by molar-refractivity contribution is 0.173. The van der Waals surface area contributed by atoms with Crippen molar-refractivity contribution in [2.75, 3.05) is 0 Å². The van der Waals surface area contributed by atoms with Gasteiger partial charge >= 0.3 is 0 Å². The van der Waals surface area contributed by atoms with Gasteiger partial charge in [0, 0.05) is 4.47 Å². The quantitative estimate of drug-likeness (QED) is 0.813. The summed E-state index contributed by atoms with van der Waals surface area (Å²) in [5.41, 5.74) is 0.884. The van der Waals surface area contributed by atoms with E-state index < -0.39 is 6.10 Å². The summed E-state index contributed by atoms with van der Waals surface area (Å²) >= 11 is 9.44. The number of aliphatic hydroxyl groups excluding tert-OH is 1. The van der Waals surface area contributed by atoms with E-state index in [2.05, 4.69) is 15.9 Å².